The van der Waals surface area contributed by atoms with Gasteiger partial charge in [0, 0.05) is 17.1 Å². The van der Waals surface area contributed by atoms with Crippen LogP contribution in [0, 0.1) is 0 Å². The molecule has 5 heteroatoms. The number of nitrogens with zero attached hydrogens (tertiary/aromatic N) is 1. The number of sulfonamides is 1. The van der Waals surface area contributed by atoms with Gasteiger partial charge in [0.15, 0.2) is 0 Å². The van der Waals surface area contributed by atoms with Gasteiger partial charge in [-0.1, -0.05) is 26.2 Å². The van der Waals surface area contributed by atoms with Gasteiger partial charge in [-0.15, -0.1) is 0 Å². The van der Waals surface area contributed by atoms with E-state index in [0.717, 1.165) is 19.3 Å². The average Bonchev–Trinajstić information content (AvgIpc) is 3.06. The zero-order valence-corrected chi connectivity index (χ0v) is 12.9. The van der Waals surface area contributed by atoms with Gasteiger partial charge in [-0.2, -0.15) is 0 Å². The maximum Gasteiger partial charge on any atom is 0.211 e. The minimum atomic E-state index is -3.28. The van der Waals surface area contributed by atoms with Gasteiger partial charge < -0.3 is 4.40 Å². The van der Waals surface area contributed by atoms with E-state index in [-0.39, 0.29) is 5.25 Å². The van der Waals surface area contributed by atoms with E-state index < -0.39 is 10.0 Å². The summed E-state index contributed by atoms with van der Waals surface area (Å²) >= 11 is 0. The summed E-state index contributed by atoms with van der Waals surface area (Å²) in [6.45, 7) is 3.74. The molecule has 3 rings (SSSR count). The Hall–Kier alpha value is -1.33. The van der Waals surface area contributed by atoms with Crippen LogP contribution < -0.4 is 5.14 Å². The van der Waals surface area contributed by atoms with Crippen LogP contribution in [-0.4, -0.2) is 18.1 Å². The quantitative estimate of drug-likeness (QED) is 0.734. The second-order valence-electron chi connectivity index (χ2n) is 5.32. The number of primary sulfonamides is 1. The summed E-state index contributed by atoms with van der Waals surface area (Å²) in [6, 6.07) is 8.64. The molecule has 110 valence electrons. The van der Waals surface area contributed by atoms with Gasteiger partial charge in [0.2, 0.25) is 10.0 Å². The van der Waals surface area contributed by atoms with Gasteiger partial charge in [0.25, 0.3) is 0 Å². The molecule has 4 bridgehead atoms. The van der Waals surface area contributed by atoms with Crippen molar-refractivity contribution in [3.8, 4) is 0 Å². The maximum absolute atomic E-state index is 10.7. The van der Waals surface area contributed by atoms with Gasteiger partial charge >= 0.3 is 0 Å². The largest absolute Gasteiger partial charge is 0.317 e. The molecule has 2 N–H and O–H groups in total. The van der Waals surface area contributed by atoms with Crippen LogP contribution >= 0.6 is 0 Å². The molecule has 0 aromatic carbocycles. The van der Waals surface area contributed by atoms with Gasteiger partial charge in [-0.25, -0.2) is 13.6 Å². The van der Waals surface area contributed by atoms with Crippen LogP contribution in [-0.2, 0) is 10.0 Å². The monoisotopic (exact) mass is 294 g/mol. The fourth-order valence-corrected chi connectivity index (χ4v) is 2.85. The second-order valence-corrected chi connectivity index (χ2v) is 7.31. The molecule has 3 aromatic rings. The predicted molar refractivity (Wildman–Crippen MR) is 84.0 cm³/mol. The van der Waals surface area contributed by atoms with Crippen molar-refractivity contribution in [3.63, 3.8) is 0 Å². The van der Waals surface area contributed by atoms with Crippen molar-refractivity contribution in [1.82, 2.24) is 4.40 Å². The Balaban J connectivity index is 0.000000148. The highest BCUT2D eigenvalue weighted by Gasteiger charge is 2.13. The summed E-state index contributed by atoms with van der Waals surface area (Å²) in [7, 11) is -3.28. The van der Waals surface area contributed by atoms with E-state index in [1.54, 1.807) is 6.92 Å². The van der Waals surface area contributed by atoms with Crippen LogP contribution in [0.15, 0.2) is 30.5 Å². The van der Waals surface area contributed by atoms with Gasteiger partial charge in [0.1, 0.15) is 0 Å². The lowest BCUT2D eigenvalue weighted by Crippen LogP contribution is -2.25. The first-order chi connectivity index (χ1) is 9.43. The Labute approximate surface area is 120 Å². The Kier molecular flexibility index (Phi) is 4.50. The van der Waals surface area contributed by atoms with E-state index in [9.17, 15) is 8.42 Å². The molecule has 0 fully saturated rings. The summed E-state index contributed by atoms with van der Waals surface area (Å²) in [6.07, 6.45) is 5.94. The first-order valence-corrected chi connectivity index (χ1v) is 8.67. The summed E-state index contributed by atoms with van der Waals surface area (Å²) in [5.41, 5.74) is 2.67. The van der Waals surface area contributed by atoms with Crippen molar-refractivity contribution in [1.29, 1.82) is 0 Å². The van der Waals surface area contributed by atoms with Crippen molar-refractivity contribution < 1.29 is 8.42 Å². The Morgan fingerprint density at radius 2 is 2.00 bits per heavy atom. The van der Waals surface area contributed by atoms with Crippen molar-refractivity contribution >= 4 is 26.4 Å². The molecule has 0 saturated heterocycles. The van der Waals surface area contributed by atoms with E-state index >= 15 is 0 Å². The zero-order valence-electron chi connectivity index (χ0n) is 12.0. The third-order valence-electron chi connectivity index (χ3n) is 3.73. The fraction of sp³-hybridized carbons (Fsp3) is 0.467. The van der Waals surface area contributed by atoms with Gasteiger partial charge in [0.05, 0.1) is 10.8 Å². The number of unbranched alkanes of at least 4 members (excludes halogenated alkanes) is 2. The molecular formula is C15H22N2O2S. The molecule has 0 aliphatic rings. The fourth-order valence-electron chi connectivity index (χ4n) is 2.35. The van der Waals surface area contributed by atoms with Crippen LogP contribution in [0.3, 0.4) is 0 Å². The molecule has 1 unspecified atom stereocenters. The van der Waals surface area contributed by atoms with Crippen LogP contribution in [0.1, 0.15) is 39.5 Å². The normalized spacial score (nSPS) is 13.8. The first kappa shape index (κ1) is 15.1. The lowest BCUT2D eigenvalue weighted by Gasteiger charge is -2.06. The number of aromatic nitrogens is 1. The highest BCUT2D eigenvalue weighted by atomic mass is 32.2. The molecule has 0 spiro atoms. The molecule has 3 heterocycles. The van der Waals surface area contributed by atoms with Crippen LogP contribution in [0.2, 0.25) is 0 Å². The summed E-state index contributed by atoms with van der Waals surface area (Å²) in [5.74, 6) is 0. The lowest BCUT2D eigenvalue weighted by atomic mass is 10.2. The summed E-state index contributed by atoms with van der Waals surface area (Å²) in [5, 5.41) is 5.92. The van der Waals surface area contributed by atoms with E-state index in [1.807, 2.05) is 0 Å². The standard InChI is InChI=1S/C8H5N.C7H17NO2S/c1-2-8-6-3-4-9(8)7(1)5-6;1-3-4-5-6-7(2)11(8,9)10/h1-5H;7H,3-6H2,1-2H3,(H2,8,9,10). The predicted octanol–water partition coefficient (Wildman–Crippen LogP) is 3.21. The zero-order chi connectivity index (χ0) is 14.8. The molecule has 4 nitrogen and oxygen atoms in total. The van der Waals surface area contributed by atoms with Crippen LogP contribution in [0.4, 0.5) is 0 Å². The van der Waals surface area contributed by atoms with Crippen molar-refractivity contribution in [2.24, 2.45) is 5.14 Å². The molecule has 1 atom stereocenters. The molecule has 0 amide bonds. The lowest BCUT2D eigenvalue weighted by molar-refractivity contribution is 0.569. The Morgan fingerprint density at radius 1 is 1.25 bits per heavy atom. The highest BCUT2D eigenvalue weighted by molar-refractivity contribution is 7.89. The number of benzene rings is 1. The molecule has 3 aromatic heterocycles. The molecule has 0 radical (unpaired) electrons. The molecular weight excluding hydrogens is 272 g/mol. The Morgan fingerprint density at radius 3 is 2.45 bits per heavy atom. The van der Waals surface area contributed by atoms with E-state index in [2.05, 4.69) is 41.8 Å². The van der Waals surface area contributed by atoms with E-state index in [0.29, 0.717) is 6.42 Å². The summed E-state index contributed by atoms with van der Waals surface area (Å²) in [4.78, 5) is 0. The van der Waals surface area contributed by atoms with Crippen molar-refractivity contribution in [2.45, 2.75) is 44.8 Å². The van der Waals surface area contributed by atoms with Crippen LogP contribution in [0.25, 0.3) is 16.4 Å². The highest BCUT2D eigenvalue weighted by Crippen LogP contribution is 2.24. The molecule has 0 aliphatic carbocycles. The number of pyridine rings is 1. The average molecular weight is 294 g/mol. The summed E-state index contributed by atoms with van der Waals surface area (Å²) < 4.78 is 23.6. The minimum Gasteiger partial charge on any atom is -0.317 e. The second kappa shape index (κ2) is 5.97. The molecule has 0 aliphatic heterocycles. The number of hydrogen-bond donors (Lipinski definition) is 1. The van der Waals surface area contributed by atoms with Crippen molar-refractivity contribution in [3.05, 3.63) is 30.5 Å². The molecule has 20 heavy (non-hydrogen) atoms. The molecule has 0 saturated carbocycles. The maximum atomic E-state index is 10.7. The topological polar surface area (TPSA) is 64.6 Å². The number of rotatable bonds is 5. The van der Waals surface area contributed by atoms with Crippen LogP contribution in [0.5, 0.6) is 0 Å². The number of nitrogens with two attached hydrogens (primary N) is 1. The van der Waals surface area contributed by atoms with E-state index in [4.69, 9.17) is 5.14 Å². The van der Waals surface area contributed by atoms with Gasteiger partial charge in [-0.3, -0.25) is 0 Å². The van der Waals surface area contributed by atoms with Gasteiger partial charge in [-0.05, 0) is 37.6 Å². The third kappa shape index (κ3) is 3.22. The van der Waals surface area contributed by atoms with Crippen molar-refractivity contribution in [2.75, 3.05) is 0 Å². The smallest absolute Gasteiger partial charge is 0.211 e. The third-order valence-corrected chi connectivity index (χ3v) is 5.08. The minimum absolute atomic E-state index is 0.381. The SMILES string of the molecule is CCCCCC(C)S(N)(=O)=O.c1cn2c3ccc2c1c3. The Bertz CT molecular complexity index is 693. The first-order valence-electron chi connectivity index (χ1n) is 7.06. The van der Waals surface area contributed by atoms with E-state index in [1.165, 1.54) is 16.4 Å². The number of hydrogen-bond acceptors (Lipinski definition) is 2.